The molecule has 8 heteroatoms. The van der Waals surface area contributed by atoms with Gasteiger partial charge in [0.05, 0.1) is 18.7 Å². The Balaban J connectivity index is 1.88. The SMILES string of the molecule is CC(C)c1cc(CN2C(=O)CC(C)(C)CC2=O)c(CO)c(-c2ccc(F)cc2)c1Cc1ccc(C(F)(F)F)cc1. The predicted octanol–water partition coefficient (Wildman–Crippen LogP) is 7.39. The molecule has 1 fully saturated rings. The van der Waals surface area contributed by atoms with Crippen LogP contribution in [-0.2, 0) is 35.3 Å². The summed E-state index contributed by atoms with van der Waals surface area (Å²) >= 11 is 0. The molecule has 3 aromatic rings. The Morgan fingerprint density at radius 2 is 1.50 bits per heavy atom. The number of aliphatic hydroxyl groups is 1. The summed E-state index contributed by atoms with van der Waals surface area (Å²) in [5.74, 6) is -1.05. The van der Waals surface area contributed by atoms with Crippen molar-refractivity contribution in [2.24, 2.45) is 5.41 Å². The smallest absolute Gasteiger partial charge is 0.392 e. The highest BCUT2D eigenvalue weighted by Crippen LogP contribution is 2.40. The molecule has 0 radical (unpaired) electrons. The lowest BCUT2D eigenvalue weighted by atomic mass is 9.80. The molecule has 1 saturated heterocycles. The normalized spacial score (nSPS) is 15.7. The summed E-state index contributed by atoms with van der Waals surface area (Å²) in [6.07, 6.45) is -3.74. The van der Waals surface area contributed by atoms with Gasteiger partial charge in [0.25, 0.3) is 0 Å². The Bertz CT molecular complexity index is 1390. The van der Waals surface area contributed by atoms with Gasteiger partial charge in [0.1, 0.15) is 5.82 Å². The van der Waals surface area contributed by atoms with E-state index in [0.29, 0.717) is 27.8 Å². The number of hydrogen-bond acceptors (Lipinski definition) is 3. The van der Waals surface area contributed by atoms with E-state index in [1.54, 1.807) is 12.1 Å². The summed E-state index contributed by atoms with van der Waals surface area (Å²) in [7, 11) is 0. The first kappa shape index (κ1) is 29.5. The van der Waals surface area contributed by atoms with Crippen LogP contribution in [0.15, 0.2) is 54.6 Å². The molecule has 0 unspecified atom stereocenters. The summed E-state index contributed by atoms with van der Waals surface area (Å²) in [5, 5.41) is 10.6. The van der Waals surface area contributed by atoms with Crippen LogP contribution in [0, 0.1) is 11.2 Å². The van der Waals surface area contributed by atoms with Gasteiger partial charge in [-0.3, -0.25) is 14.5 Å². The molecular weight excluding hydrogens is 522 g/mol. The molecule has 3 aromatic carbocycles. The van der Waals surface area contributed by atoms with Crippen LogP contribution in [0.1, 0.15) is 79.8 Å². The summed E-state index contributed by atoms with van der Waals surface area (Å²) < 4.78 is 53.4. The molecule has 212 valence electrons. The Morgan fingerprint density at radius 1 is 0.925 bits per heavy atom. The molecule has 2 amide bonds. The second-order valence-electron chi connectivity index (χ2n) is 11.5. The van der Waals surface area contributed by atoms with Crippen molar-refractivity contribution in [1.82, 2.24) is 4.90 Å². The van der Waals surface area contributed by atoms with Crippen LogP contribution in [0.3, 0.4) is 0 Å². The first-order valence-corrected chi connectivity index (χ1v) is 13.2. The minimum Gasteiger partial charge on any atom is -0.392 e. The number of halogens is 4. The molecule has 1 aliphatic heterocycles. The van der Waals surface area contributed by atoms with Crippen LogP contribution >= 0.6 is 0 Å². The number of aliphatic hydroxyl groups excluding tert-OH is 1. The molecular formula is C32H33F4NO3. The van der Waals surface area contributed by atoms with Gasteiger partial charge in [0.2, 0.25) is 11.8 Å². The van der Waals surface area contributed by atoms with Gasteiger partial charge >= 0.3 is 6.18 Å². The third kappa shape index (κ3) is 6.28. The largest absolute Gasteiger partial charge is 0.416 e. The van der Waals surface area contributed by atoms with Gasteiger partial charge in [0, 0.05) is 12.8 Å². The van der Waals surface area contributed by atoms with Crippen LogP contribution in [0.5, 0.6) is 0 Å². The van der Waals surface area contributed by atoms with Crippen molar-refractivity contribution in [2.45, 2.75) is 72.2 Å². The number of imide groups is 1. The number of piperidine rings is 1. The fourth-order valence-electron chi connectivity index (χ4n) is 5.41. The lowest BCUT2D eigenvalue weighted by Gasteiger charge is -2.35. The van der Waals surface area contributed by atoms with Gasteiger partial charge in [-0.2, -0.15) is 13.2 Å². The summed E-state index contributed by atoms with van der Waals surface area (Å²) in [4.78, 5) is 27.2. The van der Waals surface area contributed by atoms with Crippen molar-refractivity contribution in [3.8, 4) is 11.1 Å². The molecule has 1 aliphatic rings. The van der Waals surface area contributed by atoms with E-state index in [9.17, 15) is 32.3 Å². The first-order valence-electron chi connectivity index (χ1n) is 13.2. The number of alkyl halides is 3. The van der Waals surface area contributed by atoms with Crippen molar-refractivity contribution >= 4 is 11.8 Å². The zero-order valence-electron chi connectivity index (χ0n) is 23.0. The second-order valence-corrected chi connectivity index (χ2v) is 11.5. The highest BCUT2D eigenvalue weighted by atomic mass is 19.4. The van der Waals surface area contributed by atoms with Crippen LogP contribution in [0.25, 0.3) is 11.1 Å². The number of hydrogen-bond donors (Lipinski definition) is 1. The number of amides is 2. The van der Waals surface area contributed by atoms with Crippen LogP contribution in [0.2, 0.25) is 0 Å². The van der Waals surface area contributed by atoms with Crippen LogP contribution < -0.4 is 0 Å². The van der Waals surface area contributed by atoms with Crippen molar-refractivity contribution in [3.63, 3.8) is 0 Å². The number of benzene rings is 3. The van der Waals surface area contributed by atoms with E-state index in [1.807, 2.05) is 33.8 Å². The number of rotatable bonds is 7. The second kappa shape index (κ2) is 11.2. The topological polar surface area (TPSA) is 57.6 Å². The zero-order chi connectivity index (χ0) is 29.4. The van der Waals surface area contributed by atoms with Gasteiger partial charge in [-0.05, 0) is 81.0 Å². The maximum absolute atomic E-state index is 13.9. The van der Waals surface area contributed by atoms with E-state index < -0.39 is 29.6 Å². The fraction of sp³-hybridized carbons (Fsp3) is 0.375. The molecule has 0 aliphatic carbocycles. The molecule has 1 N–H and O–H groups in total. The minimum atomic E-state index is -4.45. The van der Waals surface area contributed by atoms with Gasteiger partial charge in [-0.1, -0.05) is 58.0 Å². The quantitative estimate of drug-likeness (QED) is 0.244. The van der Waals surface area contributed by atoms with Crippen molar-refractivity contribution in [2.75, 3.05) is 0 Å². The van der Waals surface area contributed by atoms with Crippen molar-refractivity contribution < 1.29 is 32.3 Å². The minimum absolute atomic E-state index is 0.0158. The maximum atomic E-state index is 13.9. The summed E-state index contributed by atoms with van der Waals surface area (Å²) in [6, 6.07) is 12.6. The predicted molar refractivity (Wildman–Crippen MR) is 145 cm³/mol. The Morgan fingerprint density at radius 3 is 2.00 bits per heavy atom. The van der Waals surface area contributed by atoms with E-state index in [1.165, 1.54) is 29.2 Å². The average Bonchev–Trinajstić information content (AvgIpc) is 2.86. The fourth-order valence-corrected chi connectivity index (χ4v) is 5.41. The van der Waals surface area contributed by atoms with E-state index in [4.69, 9.17) is 0 Å². The van der Waals surface area contributed by atoms with Gasteiger partial charge in [-0.25, -0.2) is 4.39 Å². The van der Waals surface area contributed by atoms with Crippen molar-refractivity contribution in [1.29, 1.82) is 0 Å². The van der Waals surface area contributed by atoms with Gasteiger partial charge in [0.15, 0.2) is 0 Å². The molecule has 0 aromatic heterocycles. The molecule has 4 nitrogen and oxygen atoms in total. The third-order valence-corrected chi connectivity index (χ3v) is 7.43. The van der Waals surface area contributed by atoms with Gasteiger partial charge in [-0.15, -0.1) is 0 Å². The van der Waals surface area contributed by atoms with Crippen LogP contribution in [0.4, 0.5) is 17.6 Å². The maximum Gasteiger partial charge on any atom is 0.416 e. The molecule has 0 saturated carbocycles. The Hall–Kier alpha value is -3.52. The van der Waals surface area contributed by atoms with E-state index in [-0.39, 0.29) is 43.5 Å². The number of nitrogens with zero attached hydrogens (tertiary/aromatic N) is 1. The number of likely N-dealkylation sites (tertiary alicyclic amines) is 1. The van der Waals surface area contributed by atoms with Gasteiger partial charge < -0.3 is 5.11 Å². The lowest BCUT2D eigenvalue weighted by molar-refractivity contribution is -0.153. The molecule has 40 heavy (non-hydrogen) atoms. The first-order chi connectivity index (χ1) is 18.7. The summed E-state index contributed by atoms with van der Waals surface area (Å²) in [6.45, 7) is 7.27. The average molecular weight is 556 g/mol. The molecule has 0 atom stereocenters. The Labute approximate surface area is 231 Å². The molecule has 1 heterocycles. The molecule has 0 spiro atoms. The lowest BCUT2D eigenvalue weighted by Crippen LogP contribution is -2.45. The third-order valence-electron chi connectivity index (χ3n) is 7.43. The van der Waals surface area contributed by atoms with E-state index in [2.05, 4.69) is 0 Å². The highest BCUT2D eigenvalue weighted by molar-refractivity contribution is 5.98. The number of carbonyl (C=O) groups excluding carboxylic acids is 2. The van der Waals surface area contributed by atoms with Crippen LogP contribution in [-0.4, -0.2) is 21.8 Å². The standard InChI is InChI=1S/C32H33F4NO3/c1-19(2)25-14-22(17-37-28(39)15-31(3,4)16-29(37)40)27(18-38)30(21-7-11-24(33)12-8-21)26(25)13-20-5-9-23(10-6-20)32(34,35)36/h5-12,14,19,38H,13,15-18H2,1-4H3. The highest BCUT2D eigenvalue weighted by Gasteiger charge is 2.38. The monoisotopic (exact) mass is 555 g/mol. The number of carbonyl (C=O) groups is 2. The summed E-state index contributed by atoms with van der Waals surface area (Å²) in [5.41, 5.74) is 3.44. The molecule has 0 bridgehead atoms. The Kier molecular flexibility index (Phi) is 8.22. The van der Waals surface area contributed by atoms with Crippen molar-refractivity contribution in [3.05, 3.63) is 93.8 Å². The van der Waals surface area contributed by atoms with E-state index >= 15 is 0 Å². The van der Waals surface area contributed by atoms with E-state index in [0.717, 1.165) is 23.3 Å². The molecule has 4 rings (SSSR count). The zero-order valence-corrected chi connectivity index (χ0v) is 23.0.